The number of thioether (sulfide) groups is 1. The zero-order valence-electron chi connectivity index (χ0n) is 20.4. The molecule has 0 bridgehead atoms. The largest absolute Gasteiger partial charge is 0.462 e. The van der Waals surface area contributed by atoms with Gasteiger partial charge in [-0.1, -0.05) is 18.9 Å². The van der Waals surface area contributed by atoms with Crippen molar-refractivity contribution in [2.45, 2.75) is 62.5 Å². The number of rotatable bonds is 8. The maximum atomic E-state index is 13.2. The monoisotopic (exact) mass is 526 g/mol. The average Bonchev–Trinajstić information content (AvgIpc) is 3.48. The molecule has 2 aromatic heterocycles. The molecule has 1 aliphatic rings. The fourth-order valence-corrected chi connectivity index (χ4v) is 6.35. The van der Waals surface area contributed by atoms with Gasteiger partial charge in [0.15, 0.2) is 5.76 Å². The van der Waals surface area contributed by atoms with Crippen molar-refractivity contribution in [2.24, 2.45) is 0 Å². The SMILES string of the molecule is CCOC(=O)c1c(NC(=O)C(C)Sc2cccc(NC(=O)c3ccco3)c2)sc2c1CCCCCC2. The highest BCUT2D eigenvalue weighted by atomic mass is 32.2. The minimum atomic E-state index is -0.430. The molecule has 0 saturated heterocycles. The third-order valence-corrected chi connectivity index (χ3v) is 8.21. The quantitative estimate of drug-likeness (QED) is 0.255. The van der Waals surface area contributed by atoms with Crippen LogP contribution in [0.4, 0.5) is 10.7 Å². The molecule has 4 rings (SSSR count). The van der Waals surface area contributed by atoms with Crippen molar-refractivity contribution in [2.75, 3.05) is 17.2 Å². The highest BCUT2D eigenvalue weighted by molar-refractivity contribution is 8.00. The van der Waals surface area contributed by atoms with Gasteiger partial charge in [0.25, 0.3) is 5.91 Å². The van der Waals surface area contributed by atoms with Crippen LogP contribution in [0.1, 0.15) is 70.9 Å². The molecule has 0 radical (unpaired) electrons. The van der Waals surface area contributed by atoms with E-state index in [4.69, 9.17) is 9.15 Å². The third-order valence-electron chi connectivity index (χ3n) is 5.91. The smallest absolute Gasteiger partial charge is 0.341 e. The zero-order valence-corrected chi connectivity index (χ0v) is 22.1. The van der Waals surface area contributed by atoms with E-state index in [1.807, 2.05) is 25.1 Å². The minimum Gasteiger partial charge on any atom is -0.462 e. The number of benzene rings is 1. The fourth-order valence-electron chi connectivity index (χ4n) is 4.15. The topological polar surface area (TPSA) is 97.6 Å². The molecule has 0 spiro atoms. The number of hydrogen-bond donors (Lipinski definition) is 2. The first-order valence-corrected chi connectivity index (χ1v) is 13.9. The normalized spacial score (nSPS) is 14.2. The van der Waals surface area contributed by atoms with Crippen molar-refractivity contribution in [3.8, 4) is 0 Å². The lowest BCUT2D eigenvalue weighted by atomic mass is 9.96. The molecule has 1 unspecified atom stereocenters. The summed E-state index contributed by atoms with van der Waals surface area (Å²) in [4.78, 5) is 40.3. The lowest BCUT2D eigenvalue weighted by molar-refractivity contribution is -0.115. The predicted molar refractivity (Wildman–Crippen MR) is 143 cm³/mol. The second-order valence-electron chi connectivity index (χ2n) is 8.55. The third kappa shape index (κ3) is 6.39. The van der Waals surface area contributed by atoms with E-state index >= 15 is 0 Å². The maximum absolute atomic E-state index is 13.2. The van der Waals surface area contributed by atoms with Gasteiger partial charge in [0.05, 0.1) is 23.7 Å². The minimum absolute atomic E-state index is 0.190. The number of amides is 2. The summed E-state index contributed by atoms with van der Waals surface area (Å²) < 4.78 is 10.5. The summed E-state index contributed by atoms with van der Waals surface area (Å²) >= 11 is 2.88. The van der Waals surface area contributed by atoms with Crippen molar-refractivity contribution in [1.82, 2.24) is 0 Å². The van der Waals surface area contributed by atoms with E-state index < -0.39 is 5.25 Å². The first-order chi connectivity index (χ1) is 17.5. The highest BCUT2D eigenvalue weighted by Gasteiger charge is 2.27. The highest BCUT2D eigenvalue weighted by Crippen LogP contribution is 2.38. The molecule has 7 nitrogen and oxygen atoms in total. The molecule has 1 aliphatic carbocycles. The van der Waals surface area contributed by atoms with Gasteiger partial charge in [-0.25, -0.2) is 4.79 Å². The fraction of sp³-hybridized carbons (Fsp3) is 0.370. The summed E-state index contributed by atoms with van der Waals surface area (Å²) in [5, 5.41) is 5.96. The van der Waals surface area contributed by atoms with Crippen molar-refractivity contribution in [3.05, 3.63) is 64.4 Å². The van der Waals surface area contributed by atoms with Crippen LogP contribution in [0.25, 0.3) is 0 Å². The van der Waals surface area contributed by atoms with Crippen LogP contribution in [0.2, 0.25) is 0 Å². The van der Waals surface area contributed by atoms with Gasteiger partial charge in [-0.2, -0.15) is 0 Å². The first kappa shape index (κ1) is 26.0. The van der Waals surface area contributed by atoms with Crippen LogP contribution in [0.15, 0.2) is 52.0 Å². The number of fused-ring (bicyclic) bond motifs is 1. The second kappa shape index (κ2) is 12.3. The number of hydrogen-bond acceptors (Lipinski definition) is 7. The number of aryl methyl sites for hydroxylation is 1. The molecule has 2 heterocycles. The Bertz CT molecular complexity index is 1220. The molecule has 2 N–H and O–H groups in total. The van der Waals surface area contributed by atoms with E-state index in [-0.39, 0.29) is 30.2 Å². The van der Waals surface area contributed by atoms with Crippen LogP contribution in [-0.2, 0) is 22.4 Å². The van der Waals surface area contributed by atoms with Gasteiger partial charge in [0.2, 0.25) is 5.91 Å². The Morgan fingerprint density at radius 2 is 1.89 bits per heavy atom. The Kier molecular flexibility index (Phi) is 8.88. The summed E-state index contributed by atoms with van der Waals surface area (Å²) in [6.45, 7) is 3.90. The number of carbonyl (C=O) groups excluding carboxylic acids is 3. The van der Waals surface area contributed by atoms with Crippen molar-refractivity contribution in [1.29, 1.82) is 0 Å². The van der Waals surface area contributed by atoms with E-state index in [1.54, 1.807) is 25.1 Å². The van der Waals surface area contributed by atoms with Gasteiger partial charge >= 0.3 is 5.97 Å². The van der Waals surface area contributed by atoms with E-state index in [0.29, 0.717) is 16.3 Å². The van der Waals surface area contributed by atoms with Gasteiger partial charge in [0.1, 0.15) is 5.00 Å². The summed E-state index contributed by atoms with van der Waals surface area (Å²) in [5.41, 5.74) is 2.16. The maximum Gasteiger partial charge on any atom is 0.341 e. The van der Waals surface area contributed by atoms with Gasteiger partial charge in [-0.15, -0.1) is 23.1 Å². The van der Waals surface area contributed by atoms with Crippen LogP contribution in [0, 0.1) is 0 Å². The summed E-state index contributed by atoms with van der Waals surface area (Å²) in [6.07, 6.45) is 7.64. The molecule has 0 aliphatic heterocycles. The molecule has 2 amide bonds. The molecular weight excluding hydrogens is 496 g/mol. The zero-order chi connectivity index (χ0) is 25.5. The van der Waals surface area contributed by atoms with E-state index in [1.165, 1.54) is 40.7 Å². The standard InChI is InChI=1S/C27H30N2O5S2/c1-3-33-27(32)23-20-12-6-4-5-7-14-22(20)36-26(23)29-24(30)17(2)35-19-11-8-10-18(16-19)28-25(31)21-13-9-15-34-21/h8-11,13,15-17H,3-7,12,14H2,1-2H3,(H,28,31)(H,29,30). The number of furan rings is 1. The van der Waals surface area contributed by atoms with Gasteiger partial charge in [-0.05, 0) is 75.4 Å². The predicted octanol–water partition coefficient (Wildman–Crippen LogP) is 6.55. The molecule has 0 saturated carbocycles. The van der Waals surface area contributed by atoms with E-state index in [0.717, 1.165) is 42.6 Å². The Morgan fingerprint density at radius 3 is 2.64 bits per heavy atom. The molecule has 0 fully saturated rings. The van der Waals surface area contributed by atoms with E-state index in [9.17, 15) is 14.4 Å². The van der Waals surface area contributed by atoms with Crippen LogP contribution in [0.3, 0.4) is 0 Å². The Balaban J connectivity index is 1.46. The van der Waals surface area contributed by atoms with Crippen LogP contribution in [0.5, 0.6) is 0 Å². The van der Waals surface area contributed by atoms with Crippen molar-refractivity contribution in [3.63, 3.8) is 0 Å². The van der Waals surface area contributed by atoms with Crippen molar-refractivity contribution >= 4 is 51.6 Å². The van der Waals surface area contributed by atoms with Crippen LogP contribution >= 0.6 is 23.1 Å². The molecule has 36 heavy (non-hydrogen) atoms. The number of ether oxygens (including phenoxy) is 1. The summed E-state index contributed by atoms with van der Waals surface area (Å²) in [5.74, 6) is -0.674. The first-order valence-electron chi connectivity index (χ1n) is 12.2. The van der Waals surface area contributed by atoms with Gasteiger partial charge in [-0.3, -0.25) is 9.59 Å². The lowest BCUT2D eigenvalue weighted by Crippen LogP contribution is -2.23. The molecule has 3 aromatic rings. The summed E-state index contributed by atoms with van der Waals surface area (Å²) in [7, 11) is 0. The molecule has 190 valence electrons. The van der Waals surface area contributed by atoms with Crippen LogP contribution in [-0.4, -0.2) is 29.6 Å². The van der Waals surface area contributed by atoms with Gasteiger partial charge < -0.3 is 19.8 Å². The van der Waals surface area contributed by atoms with Crippen molar-refractivity contribution < 1.29 is 23.5 Å². The molecule has 9 heteroatoms. The van der Waals surface area contributed by atoms with E-state index in [2.05, 4.69) is 10.6 Å². The Labute approximate surface area is 219 Å². The molecular formula is C27H30N2O5S2. The number of anilines is 2. The lowest BCUT2D eigenvalue weighted by Gasteiger charge is -2.14. The second-order valence-corrected chi connectivity index (χ2v) is 11.1. The molecule has 1 aromatic carbocycles. The molecule has 1 atom stereocenters. The van der Waals surface area contributed by atoms with Crippen LogP contribution < -0.4 is 10.6 Å². The number of esters is 1. The number of thiophene rings is 1. The Morgan fingerprint density at radius 1 is 1.08 bits per heavy atom. The Hall–Kier alpha value is -3.04. The number of carbonyl (C=O) groups is 3. The van der Waals surface area contributed by atoms with Gasteiger partial charge in [0, 0.05) is 15.5 Å². The summed E-state index contributed by atoms with van der Waals surface area (Å²) in [6, 6.07) is 10.6. The average molecular weight is 527 g/mol. The number of nitrogens with one attached hydrogen (secondary N) is 2.